The SMILES string of the molecule is CC1(C)c2cc3c(cc2C=C(O)C1/C=C/[N+](=O)[O-])=[Si]C=C(O)C=3/C=C/[N+](=O)[O-]. The van der Waals surface area contributed by atoms with Gasteiger partial charge in [0, 0.05) is 23.0 Å². The summed E-state index contributed by atoms with van der Waals surface area (Å²) in [6, 6.07) is 3.73. The second-order valence-electron chi connectivity index (χ2n) is 7.07. The highest BCUT2D eigenvalue weighted by Crippen LogP contribution is 2.42. The molecule has 2 N–H and O–H groups in total. The highest BCUT2D eigenvalue weighted by molar-refractivity contribution is 6.35. The molecule has 2 aliphatic rings. The fourth-order valence-corrected chi connectivity index (χ4v) is 4.64. The second kappa shape index (κ2) is 7.00. The monoisotopic (exact) mass is 397 g/mol. The summed E-state index contributed by atoms with van der Waals surface area (Å²) in [4.78, 5) is 21.1. The minimum Gasteiger partial charge on any atom is -0.512 e. The molecule has 1 aliphatic heterocycles. The Bertz CT molecular complexity index is 1130. The van der Waals surface area contributed by atoms with Crippen LogP contribution >= 0.6 is 0 Å². The van der Waals surface area contributed by atoms with Gasteiger partial charge < -0.3 is 10.2 Å². The van der Waals surface area contributed by atoms with E-state index in [1.54, 1.807) is 11.8 Å². The molecule has 0 aromatic heterocycles. The summed E-state index contributed by atoms with van der Waals surface area (Å²) in [5.74, 6) is -0.595. The van der Waals surface area contributed by atoms with Crippen LogP contribution in [0.25, 0.3) is 11.6 Å². The molecule has 1 unspecified atom stereocenters. The number of fused-ring (bicyclic) bond motifs is 2. The van der Waals surface area contributed by atoms with Crippen LogP contribution in [-0.2, 0) is 5.41 Å². The fourth-order valence-electron chi connectivity index (χ4n) is 3.59. The Morgan fingerprint density at radius 3 is 2.46 bits per heavy atom. The summed E-state index contributed by atoms with van der Waals surface area (Å²) in [6.45, 7) is 3.73. The lowest BCUT2D eigenvalue weighted by Gasteiger charge is -2.37. The van der Waals surface area contributed by atoms with Crippen LogP contribution in [0.2, 0.25) is 0 Å². The Morgan fingerprint density at radius 2 is 1.82 bits per heavy atom. The van der Waals surface area contributed by atoms with Crippen LogP contribution < -0.4 is 5.22 Å². The molecule has 143 valence electrons. The standard InChI is InChI=1S/C19H17N2O6Si/c1-19(2)14(4-6-21(26)27)16(22)7-11-8-18-13(9-15(11)19)12(3-5-20(24)25)17(23)10-28-18/h3-10,14,22-23H,1-2H3/b5-3+,6-4+. The summed E-state index contributed by atoms with van der Waals surface area (Å²) >= 11 is 0. The molecule has 1 radical (unpaired) electrons. The summed E-state index contributed by atoms with van der Waals surface area (Å²) in [5.41, 5.74) is 2.89. The maximum Gasteiger partial charge on any atom is 0.235 e. The molecule has 0 amide bonds. The Labute approximate surface area is 161 Å². The minimum atomic E-state index is -0.673. The Kier molecular flexibility index (Phi) is 4.86. The Hall–Kier alpha value is -3.33. The largest absolute Gasteiger partial charge is 0.512 e. The van der Waals surface area contributed by atoms with Crippen molar-refractivity contribution in [2.24, 2.45) is 5.92 Å². The van der Waals surface area contributed by atoms with E-state index in [1.165, 1.54) is 12.2 Å². The fraction of sp³-hybridized carbons (Fsp3) is 0.211. The van der Waals surface area contributed by atoms with Crippen molar-refractivity contribution in [3.63, 3.8) is 0 Å². The zero-order chi connectivity index (χ0) is 20.6. The highest BCUT2D eigenvalue weighted by atomic mass is 28.2. The van der Waals surface area contributed by atoms with Gasteiger partial charge in [-0.3, -0.25) is 20.2 Å². The number of aliphatic hydroxyl groups excluding tert-OH is 2. The zero-order valence-corrected chi connectivity index (χ0v) is 16.1. The molecule has 0 spiro atoms. The number of nitrogens with zero attached hydrogens (tertiary/aromatic N) is 2. The van der Waals surface area contributed by atoms with Crippen LogP contribution in [-0.4, -0.2) is 29.2 Å². The molecule has 0 bridgehead atoms. The predicted octanol–water partition coefficient (Wildman–Crippen LogP) is 2.59. The molecule has 9 heteroatoms. The number of rotatable bonds is 4. The van der Waals surface area contributed by atoms with Crippen molar-refractivity contribution in [2.75, 3.05) is 0 Å². The average molecular weight is 397 g/mol. The lowest BCUT2D eigenvalue weighted by Crippen LogP contribution is -2.34. The van der Waals surface area contributed by atoms with Crippen LogP contribution in [0.1, 0.15) is 25.0 Å². The van der Waals surface area contributed by atoms with E-state index in [9.17, 15) is 30.4 Å². The summed E-state index contributed by atoms with van der Waals surface area (Å²) in [6.07, 6.45) is 5.79. The van der Waals surface area contributed by atoms with Gasteiger partial charge in [-0.1, -0.05) is 19.9 Å². The predicted molar refractivity (Wildman–Crippen MR) is 104 cm³/mol. The third-order valence-electron chi connectivity index (χ3n) is 4.98. The zero-order valence-electron chi connectivity index (χ0n) is 15.1. The number of benzene rings is 1. The van der Waals surface area contributed by atoms with Gasteiger partial charge in [0.2, 0.25) is 12.4 Å². The number of nitro groups is 2. The molecule has 1 heterocycles. The summed E-state index contributed by atoms with van der Waals surface area (Å²) in [7, 11) is 0.173. The molecule has 0 saturated heterocycles. The normalized spacial score (nSPS) is 20.2. The molecule has 1 atom stereocenters. The van der Waals surface area contributed by atoms with Crippen LogP contribution in [0.5, 0.6) is 0 Å². The number of allylic oxidation sites excluding steroid dienone is 2. The third-order valence-corrected chi connectivity index (χ3v) is 6.12. The third kappa shape index (κ3) is 3.43. The summed E-state index contributed by atoms with van der Waals surface area (Å²) in [5, 5.41) is 42.8. The van der Waals surface area contributed by atoms with Crippen LogP contribution in [0.3, 0.4) is 0 Å². The van der Waals surface area contributed by atoms with E-state index in [-0.39, 0.29) is 20.7 Å². The quantitative estimate of drug-likeness (QED) is 0.457. The second-order valence-corrected chi connectivity index (χ2v) is 8.19. The first-order valence-electron chi connectivity index (χ1n) is 8.37. The molecule has 28 heavy (non-hydrogen) atoms. The molecule has 1 aliphatic carbocycles. The number of aliphatic hydroxyl groups is 2. The van der Waals surface area contributed by atoms with Crippen LogP contribution in [0, 0.1) is 31.0 Å². The van der Waals surface area contributed by atoms with E-state index >= 15 is 0 Å². The highest BCUT2D eigenvalue weighted by Gasteiger charge is 2.38. The smallest absolute Gasteiger partial charge is 0.235 e. The first-order chi connectivity index (χ1) is 13.1. The van der Waals surface area contributed by atoms with Crippen LogP contribution in [0.4, 0.5) is 0 Å². The maximum absolute atomic E-state index is 10.7. The lowest BCUT2D eigenvalue weighted by molar-refractivity contribution is -0.402. The van der Waals surface area contributed by atoms with Gasteiger partial charge in [-0.25, -0.2) is 0 Å². The first-order valence-corrected chi connectivity index (χ1v) is 9.45. The molecule has 1 aromatic carbocycles. The van der Waals surface area contributed by atoms with Crippen molar-refractivity contribution in [1.82, 2.24) is 0 Å². The first kappa shape index (κ1) is 19.4. The molecule has 0 fully saturated rings. The van der Waals surface area contributed by atoms with E-state index in [2.05, 4.69) is 0 Å². The molecule has 8 nitrogen and oxygen atoms in total. The van der Waals surface area contributed by atoms with Gasteiger partial charge >= 0.3 is 0 Å². The molecule has 3 rings (SSSR count). The van der Waals surface area contributed by atoms with Gasteiger partial charge in [0.25, 0.3) is 0 Å². The molecular formula is C19H17N2O6Si. The number of hydrogen-bond donors (Lipinski definition) is 2. The lowest BCUT2D eigenvalue weighted by atomic mass is 9.67. The topological polar surface area (TPSA) is 127 Å². The van der Waals surface area contributed by atoms with Gasteiger partial charge in [-0.2, -0.15) is 0 Å². The van der Waals surface area contributed by atoms with E-state index in [0.29, 0.717) is 10.8 Å². The average Bonchev–Trinajstić information content (AvgIpc) is 2.59. The van der Waals surface area contributed by atoms with E-state index in [4.69, 9.17) is 0 Å². The van der Waals surface area contributed by atoms with Crippen molar-refractivity contribution in [1.29, 1.82) is 0 Å². The van der Waals surface area contributed by atoms with E-state index in [1.807, 2.05) is 26.0 Å². The van der Waals surface area contributed by atoms with Gasteiger partial charge in [-0.05, 0) is 45.1 Å². The van der Waals surface area contributed by atoms with E-state index in [0.717, 1.165) is 28.3 Å². The van der Waals surface area contributed by atoms with Gasteiger partial charge in [-0.15, -0.1) is 0 Å². The van der Waals surface area contributed by atoms with E-state index < -0.39 is 21.2 Å². The van der Waals surface area contributed by atoms with Crippen molar-refractivity contribution in [3.05, 3.63) is 95.3 Å². The minimum absolute atomic E-state index is 0.0271. The molecular weight excluding hydrogens is 380 g/mol. The van der Waals surface area contributed by atoms with Gasteiger partial charge in [0.05, 0.1) is 19.0 Å². The van der Waals surface area contributed by atoms with Crippen LogP contribution in [0.15, 0.2) is 53.9 Å². The summed E-state index contributed by atoms with van der Waals surface area (Å²) < 4.78 is 0. The van der Waals surface area contributed by atoms with Crippen molar-refractivity contribution in [2.45, 2.75) is 19.3 Å². The van der Waals surface area contributed by atoms with Crippen molar-refractivity contribution in [3.8, 4) is 0 Å². The Balaban J connectivity index is 2.27. The number of hydrogen-bond acceptors (Lipinski definition) is 6. The van der Waals surface area contributed by atoms with Gasteiger partial charge in [0.15, 0.2) is 0 Å². The van der Waals surface area contributed by atoms with Gasteiger partial charge in [0.1, 0.15) is 11.5 Å². The van der Waals surface area contributed by atoms with Crippen molar-refractivity contribution < 1.29 is 20.1 Å². The Morgan fingerprint density at radius 1 is 1.14 bits per heavy atom. The van der Waals surface area contributed by atoms with Crippen molar-refractivity contribution >= 4 is 20.8 Å². The molecule has 0 saturated carbocycles. The molecule has 1 aromatic rings. The maximum atomic E-state index is 10.7.